The molecule has 1 amide bonds. The zero-order chi connectivity index (χ0) is 22.7. The van der Waals surface area contributed by atoms with E-state index in [2.05, 4.69) is 15.5 Å². The first kappa shape index (κ1) is 23.5. The van der Waals surface area contributed by atoms with Gasteiger partial charge in [0.05, 0.1) is 22.0 Å². The Hall–Kier alpha value is -2.13. The number of aromatic nitrogens is 3. The van der Waals surface area contributed by atoms with Crippen molar-refractivity contribution in [2.24, 2.45) is 0 Å². The van der Waals surface area contributed by atoms with Crippen LogP contribution >= 0.6 is 35.0 Å². The lowest BCUT2D eigenvalue weighted by Crippen LogP contribution is -2.23. The van der Waals surface area contributed by atoms with Crippen LogP contribution in [0.5, 0.6) is 0 Å². The van der Waals surface area contributed by atoms with Crippen LogP contribution in [0.2, 0.25) is 10.0 Å². The van der Waals surface area contributed by atoms with Crippen molar-refractivity contribution in [2.75, 3.05) is 19.4 Å². The van der Waals surface area contributed by atoms with Crippen molar-refractivity contribution < 1.29 is 9.18 Å². The zero-order valence-electron chi connectivity index (χ0n) is 17.4. The summed E-state index contributed by atoms with van der Waals surface area (Å²) in [5, 5.41) is 12.3. The van der Waals surface area contributed by atoms with Gasteiger partial charge in [0.2, 0.25) is 5.91 Å². The molecule has 6 nitrogen and oxygen atoms in total. The SMILES string of the molecule is CC(Sc1nnc(C(C)N(C)C)n1-c1ccc(F)cc1)C(=O)Nc1cc(Cl)ccc1Cl. The van der Waals surface area contributed by atoms with E-state index in [1.165, 1.54) is 23.9 Å². The van der Waals surface area contributed by atoms with Crippen molar-refractivity contribution in [1.82, 2.24) is 19.7 Å². The predicted molar refractivity (Wildman–Crippen MR) is 124 cm³/mol. The number of nitrogens with one attached hydrogen (secondary N) is 1. The van der Waals surface area contributed by atoms with Crippen LogP contribution in [0.25, 0.3) is 5.69 Å². The molecule has 0 aliphatic carbocycles. The lowest BCUT2D eigenvalue weighted by molar-refractivity contribution is -0.115. The Labute approximate surface area is 194 Å². The maximum Gasteiger partial charge on any atom is 0.237 e. The number of hydrogen-bond acceptors (Lipinski definition) is 5. The van der Waals surface area contributed by atoms with Crippen molar-refractivity contribution in [3.63, 3.8) is 0 Å². The van der Waals surface area contributed by atoms with E-state index in [4.69, 9.17) is 23.2 Å². The first-order chi connectivity index (χ1) is 14.7. The average molecular weight is 482 g/mol. The number of hydrogen-bond donors (Lipinski definition) is 1. The van der Waals surface area contributed by atoms with Gasteiger partial charge in [0.1, 0.15) is 5.82 Å². The highest BCUT2D eigenvalue weighted by Crippen LogP contribution is 2.31. The van der Waals surface area contributed by atoms with E-state index < -0.39 is 5.25 Å². The molecule has 164 valence electrons. The molecule has 1 N–H and O–H groups in total. The van der Waals surface area contributed by atoms with Crippen LogP contribution in [0.1, 0.15) is 25.7 Å². The highest BCUT2D eigenvalue weighted by molar-refractivity contribution is 8.00. The molecular formula is C21H22Cl2FN5OS. The molecule has 10 heteroatoms. The van der Waals surface area contributed by atoms with Crippen LogP contribution in [0.3, 0.4) is 0 Å². The summed E-state index contributed by atoms with van der Waals surface area (Å²) in [5.74, 6) is 0.0917. The largest absolute Gasteiger partial charge is 0.324 e. The predicted octanol–water partition coefficient (Wildman–Crippen LogP) is 5.46. The summed E-state index contributed by atoms with van der Waals surface area (Å²) in [5.41, 5.74) is 1.15. The summed E-state index contributed by atoms with van der Waals surface area (Å²) in [7, 11) is 3.87. The second-order valence-corrected chi connectivity index (χ2v) is 9.32. The van der Waals surface area contributed by atoms with Crippen molar-refractivity contribution in [1.29, 1.82) is 0 Å². The molecule has 0 saturated carbocycles. The fourth-order valence-corrected chi connectivity index (χ4v) is 3.94. The Bertz CT molecular complexity index is 1070. The normalized spacial score (nSPS) is 13.3. The minimum Gasteiger partial charge on any atom is -0.324 e. The van der Waals surface area contributed by atoms with Crippen LogP contribution in [0, 0.1) is 5.82 Å². The van der Waals surface area contributed by atoms with Gasteiger partial charge < -0.3 is 5.32 Å². The number of nitrogens with zero attached hydrogens (tertiary/aromatic N) is 4. The second-order valence-electron chi connectivity index (χ2n) is 7.17. The number of rotatable bonds is 7. The monoisotopic (exact) mass is 481 g/mol. The molecule has 1 aromatic heterocycles. The molecule has 3 aromatic rings. The molecule has 2 unspecified atom stereocenters. The van der Waals surface area contributed by atoms with Crippen molar-refractivity contribution in [3.05, 3.63) is 64.2 Å². The third-order valence-corrected chi connectivity index (χ3v) is 6.34. The molecule has 2 atom stereocenters. The third kappa shape index (κ3) is 5.57. The number of thioether (sulfide) groups is 1. The lowest BCUT2D eigenvalue weighted by atomic mass is 10.2. The summed E-state index contributed by atoms with van der Waals surface area (Å²) in [6, 6.07) is 10.9. The van der Waals surface area contributed by atoms with E-state index in [9.17, 15) is 9.18 Å². The number of carbonyl (C=O) groups excluding carboxylic acids is 1. The Kier molecular flexibility index (Phi) is 7.59. The summed E-state index contributed by atoms with van der Waals surface area (Å²) in [4.78, 5) is 14.8. The minimum absolute atomic E-state index is 0.0543. The van der Waals surface area contributed by atoms with E-state index in [0.717, 1.165) is 0 Å². The van der Waals surface area contributed by atoms with E-state index in [0.29, 0.717) is 32.4 Å². The first-order valence-corrected chi connectivity index (χ1v) is 11.1. The summed E-state index contributed by atoms with van der Waals surface area (Å²) >= 11 is 13.4. The second kappa shape index (κ2) is 9.99. The zero-order valence-corrected chi connectivity index (χ0v) is 19.8. The van der Waals surface area contributed by atoms with Crippen molar-refractivity contribution >= 4 is 46.6 Å². The standard InChI is InChI=1S/C21H22Cl2FN5OS/c1-12(28(3)4)19-26-27-21(29(19)16-8-6-15(24)7-9-16)31-13(2)20(30)25-18-11-14(22)5-10-17(18)23/h5-13H,1-4H3,(H,25,30). The van der Waals surface area contributed by atoms with E-state index in [1.54, 1.807) is 37.3 Å². The summed E-state index contributed by atoms with van der Waals surface area (Å²) in [6.07, 6.45) is 0. The van der Waals surface area contributed by atoms with Crippen LogP contribution in [0.4, 0.5) is 10.1 Å². The van der Waals surface area contributed by atoms with Gasteiger partial charge >= 0.3 is 0 Å². The van der Waals surface area contributed by atoms with Gasteiger partial charge in [-0.05, 0) is 70.4 Å². The lowest BCUT2D eigenvalue weighted by Gasteiger charge is -2.21. The Morgan fingerprint density at radius 2 is 1.81 bits per heavy atom. The fraction of sp³-hybridized carbons (Fsp3) is 0.286. The molecule has 31 heavy (non-hydrogen) atoms. The van der Waals surface area contributed by atoms with Crippen LogP contribution in [0.15, 0.2) is 47.6 Å². The number of carbonyl (C=O) groups is 1. The van der Waals surface area contributed by atoms with Gasteiger partial charge in [0, 0.05) is 10.7 Å². The van der Waals surface area contributed by atoms with Crippen molar-refractivity contribution in [2.45, 2.75) is 30.3 Å². The Morgan fingerprint density at radius 1 is 1.13 bits per heavy atom. The summed E-state index contributed by atoms with van der Waals surface area (Å²) < 4.78 is 15.3. The average Bonchev–Trinajstić information content (AvgIpc) is 3.13. The van der Waals surface area contributed by atoms with Gasteiger partial charge in [-0.15, -0.1) is 10.2 Å². The molecule has 2 aromatic carbocycles. The number of amides is 1. The minimum atomic E-state index is -0.513. The van der Waals surface area contributed by atoms with Gasteiger partial charge in [0.25, 0.3) is 0 Å². The number of benzene rings is 2. The molecular weight excluding hydrogens is 460 g/mol. The molecule has 3 rings (SSSR count). The van der Waals surface area contributed by atoms with Crippen LogP contribution < -0.4 is 5.32 Å². The Morgan fingerprint density at radius 3 is 2.45 bits per heavy atom. The van der Waals surface area contributed by atoms with E-state index >= 15 is 0 Å². The highest BCUT2D eigenvalue weighted by Gasteiger charge is 2.24. The van der Waals surface area contributed by atoms with Crippen LogP contribution in [-0.4, -0.2) is 44.9 Å². The number of anilines is 1. The van der Waals surface area contributed by atoms with Gasteiger partial charge in [-0.1, -0.05) is 35.0 Å². The number of halogens is 3. The molecule has 0 bridgehead atoms. The molecule has 0 fully saturated rings. The molecule has 1 heterocycles. The smallest absolute Gasteiger partial charge is 0.237 e. The van der Waals surface area contributed by atoms with Crippen LogP contribution in [-0.2, 0) is 4.79 Å². The maximum absolute atomic E-state index is 13.5. The highest BCUT2D eigenvalue weighted by atomic mass is 35.5. The van der Waals surface area contributed by atoms with E-state index in [-0.39, 0.29) is 17.8 Å². The first-order valence-electron chi connectivity index (χ1n) is 9.47. The third-order valence-electron chi connectivity index (χ3n) is 4.73. The maximum atomic E-state index is 13.5. The van der Waals surface area contributed by atoms with Gasteiger partial charge in [-0.25, -0.2) is 4.39 Å². The quantitative estimate of drug-likeness (QED) is 0.454. The molecule has 0 aliphatic heterocycles. The fourth-order valence-electron chi connectivity index (χ4n) is 2.73. The van der Waals surface area contributed by atoms with Gasteiger partial charge in [-0.2, -0.15) is 0 Å². The van der Waals surface area contributed by atoms with Crippen molar-refractivity contribution in [3.8, 4) is 5.69 Å². The molecule has 0 spiro atoms. The van der Waals surface area contributed by atoms with Gasteiger partial charge in [-0.3, -0.25) is 14.3 Å². The summed E-state index contributed by atoms with van der Waals surface area (Å²) in [6.45, 7) is 3.76. The topological polar surface area (TPSA) is 63.1 Å². The molecule has 0 radical (unpaired) electrons. The molecule has 0 aliphatic rings. The van der Waals surface area contributed by atoms with E-state index in [1.807, 2.05) is 30.5 Å². The Balaban J connectivity index is 1.88. The van der Waals surface area contributed by atoms with Gasteiger partial charge in [0.15, 0.2) is 11.0 Å². The molecule has 0 saturated heterocycles.